The molecule has 0 aliphatic carbocycles. The predicted octanol–water partition coefficient (Wildman–Crippen LogP) is 3.88. The van der Waals surface area contributed by atoms with Gasteiger partial charge in [-0.1, -0.05) is 0 Å². The SMILES string of the molecule is CC(=O)Nc1ccc(Nc2ccnc(Nc3ccc(NC(C)=O)cc3)n2)cc1. The lowest BCUT2D eigenvalue weighted by Gasteiger charge is -2.10. The Balaban J connectivity index is 1.65. The minimum Gasteiger partial charge on any atom is -0.340 e. The highest BCUT2D eigenvalue weighted by Gasteiger charge is 2.03. The van der Waals surface area contributed by atoms with Crippen molar-refractivity contribution in [2.45, 2.75) is 13.8 Å². The van der Waals surface area contributed by atoms with Crippen LogP contribution in [0.3, 0.4) is 0 Å². The van der Waals surface area contributed by atoms with Gasteiger partial charge in [0.2, 0.25) is 17.8 Å². The third-order valence-electron chi connectivity index (χ3n) is 3.59. The smallest absolute Gasteiger partial charge is 0.229 e. The Morgan fingerprint density at radius 2 is 1.14 bits per heavy atom. The molecule has 2 amide bonds. The Labute approximate surface area is 162 Å². The Kier molecular flexibility index (Phi) is 5.81. The second-order valence-corrected chi connectivity index (χ2v) is 6.03. The summed E-state index contributed by atoms with van der Waals surface area (Å²) in [5, 5.41) is 11.7. The molecule has 142 valence electrons. The molecule has 8 nitrogen and oxygen atoms in total. The van der Waals surface area contributed by atoms with Gasteiger partial charge in [0.15, 0.2) is 0 Å². The van der Waals surface area contributed by atoms with Crippen molar-refractivity contribution in [3.63, 3.8) is 0 Å². The molecular formula is C20H20N6O2. The fraction of sp³-hybridized carbons (Fsp3) is 0.100. The quantitative estimate of drug-likeness (QED) is 0.520. The van der Waals surface area contributed by atoms with Crippen LogP contribution in [0.4, 0.5) is 34.5 Å². The number of hydrogen-bond acceptors (Lipinski definition) is 6. The third-order valence-corrected chi connectivity index (χ3v) is 3.59. The Morgan fingerprint density at radius 3 is 1.64 bits per heavy atom. The molecular weight excluding hydrogens is 356 g/mol. The first-order valence-corrected chi connectivity index (χ1v) is 8.60. The number of benzene rings is 2. The average molecular weight is 376 g/mol. The summed E-state index contributed by atoms with van der Waals surface area (Å²) >= 11 is 0. The van der Waals surface area contributed by atoms with Gasteiger partial charge in [-0.15, -0.1) is 0 Å². The van der Waals surface area contributed by atoms with Crippen molar-refractivity contribution in [3.8, 4) is 0 Å². The lowest BCUT2D eigenvalue weighted by Crippen LogP contribution is -2.06. The van der Waals surface area contributed by atoms with Crippen LogP contribution in [0.1, 0.15) is 13.8 Å². The second kappa shape index (κ2) is 8.63. The molecule has 0 saturated heterocycles. The molecule has 0 fully saturated rings. The molecule has 0 atom stereocenters. The lowest BCUT2D eigenvalue weighted by atomic mass is 10.2. The van der Waals surface area contributed by atoms with E-state index in [4.69, 9.17) is 0 Å². The molecule has 8 heteroatoms. The number of rotatable bonds is 6. The molecule has 4 N–H and O–H groups in total. The van der Waals surface area contributed by atoms with Gasteiger partial charge in [-0.25, -0.2) is 4.98 Å². The summed E-state index contributed by atoms with van der Waals surface area (Å²) in [6.45, 7) is 2.93. The molecule has 3 aromatic rings. The highest BCUT2D eigenvalue weighted by Crippen LogP contribution is 2.20. The Bertz CT molecular complexity index is 894. The maximum atomic E-state index is 11.1. The van der Waals surface area contributed by atoms with E-state index in [1.54, 1.807) is 36.5 Å². The van der Waals surface area contributed by atoms with Gasteiger partial charge >= 0.3 is 0 Å². The van der Waals surface area contributed by atoms with Crippen molar-refractivity contribution < 1.29 is 9.59 Å². The van der Waals surface area contributed by atoms with Gasteiger partial charge in [0.1, 0.15) is 5.82 Å². The van der Waals surface area contributed by atoms with E-state index in [-0.39, 0.29) is 11.8 Å². The third kappa shape index (κ3) is 5.53. The second-order valence-electron chi connectivity index (χ2n) is 6.03. The van der Waals surface area contributed by atoms with E-state index < -0.39 is 0 Å². The maximum Gasteiger partial charge on any atom is 0.229 e. The number of aromatic nitrogens is 2. The summed E-state index contributed by atoms with van der Waals surface area (Å²) in [4.78, 5) is 30.8. The van der Waals surface area contributed by atoms with Gasteiger partial charge in [-0.2, -0.15) is 4.98 Å². The molecule has 0 radical (unpaired) electrons. The van der Waals surface area contributed by atoms with Crippen LogP contribution in [0, 0.1) is 0 Å². The van der Waals surface area contributed by atoms with Crippen LogP contribution in [0.15, 0.2) is 60.8 Å². The first-order chi connectivity index (χ1) is 13.5. The van der Waals surface area contributed by atoms with E-state index in [0.29, 0.717) is 11.8 Å². The van der Waals surface area contributed by atoms with Crippen LogP contribution in [0.2, 0.25) is 0 Å². The standard InChI is InChI=1S/C20H20N6O2/c1-13(27)22-15-3-7-17(8-4-15)24-19-11-12-21-20(26-19)25-18-9-5-16(6-10-18)23-14(2)28/h3-12H,1-2H3,(H,22,27)(H,23,28)(H2,21,24,25,26). The van der Waals surface area contributed by atoms with Crippen molar-refractivity contribution in [1.82, 2.24) is 9.97 Å². The highest BCUT2D eigenvalue weighted by molar-refractivity contribution is 5.89. The number of anilines is 6. The molecule has 0 saturated carbocycles. The minimum atomic E-state index is -0.118. The number of nitrogens with zero attached hydrogens (tertiary/aromatic N) is 2. The van der Waals surface area contributed by atoms with Crippen molar-refractivity contribution in [2.75, 3.05) is 21.3 Å². The first-order valence-electron chi connectivity index (χ1n) is 8.60. The number of carbonyl (C=O) groups excluding carboxylic acids is 2. The van der Waals surface area contributed by atoms with Crippen LogP contribution >= 0.6 is 0 Å². The largest absolute Gasteiger partial charge is 0.340 e. The summed E-state index contributed by atoms with van der Waals surface area (Å²) in [7, 11) is 0. The van der Waals surface area contributed by atoms with Crippen molar-refractivity contribution in [3.05, 3.63) is 60.8 Å². The summed E-state index contributed by atoms with van der Waals surface area (Å²) in [6, 6.07) is 16.3. The van der Waals surface area contributed by atoms with E-state index in [2.05, 4.69) is 31.2 Å². The molecule has 0 unspecified atom stereocenters. The zero-order valence-electron chi connectivity index (χ0n) is 15.5. The summed E-state index contributed by atoms with van der Waals surface area (Å²) in [6.07, 6.45) is 1.65. The molecule has 2 aromatic carbocycles. The zero-order chi connectivity index (χ0) is 19.9. The van der Waals surface area contributed by atoms with E-state index >= 15 is 0 Å². The minimum absolute atomic E-state index is 0.114. The Morgan fingerprint density at radius 1 is 0.679 bits per heavy atom. The topological polar surface area (TPSA) is 108 Å². The van der Waals surface area contributed by atoms with Gasteiger partial charge in [-0.05, 0) is 54.6 Å². The van der Waals surface area contributed by atoms with E-state index in [0.717, 1.165) is 22.7 Å². The fourth-order valence-corrected chi connectivity index (χ4v) is 2.45. The molecule has 0 aliphatic heterocycles. The van der Waals surface area contributed by atoms with Crippen LogP contribution in [0.5, 0.6) is 0 Å². The van der Waals surface area contributed by atoms with Crippen molar-refractivity contribution in [2.24, 2.45) is 0 Å². The van der Waals surface area contributed by atoms with Crippen LogP contribution < -0.4 is 21.3 Å². The van der Waals surface area contributed by atoms with E-state index in [1.165, 1.54) is 13.8 Å². The predicted molar refractivity (Wildman–Crippen MR) is 110 cm³/mol. The van der Waals surface area contributed by atoms with Crippen LogP contribution in [-0.2, 0) is 9.59 Å². The Hall–Kier alpha value is -3.94. The molecule has 28 heavy (non-hydrogen) atoms. The number of nitrogens with one attached hydrogen (secondary N) is 4. The van der Waals surface area contributed by atoms with Gasteiger partial charge in [0, 0.05) is 42.8 Å². The van der Waals surface area contributed by atoms with Crippen LogP contribution in [-0.4, -0.2) is 21.8 Å². The van der Waals surface area contributed by atoms with Crippen molar-refractivity contribution in [1.29, 1.82) is 0 Å². The zero-order valence-corrected chi connectivity index (χ0v) is 15.5. The molecule has 1 heterocycles. The van der Waals surface area contributed by atoms with Gasteiger partial charge in [-0.3, -0.25) is 9.59 Å². The number of amides is 2. The average Bonchev–Trinajstić information content (AvgIpc) is 2.64. The molecule has 3 rings (SSSR count). The van der Waals surface area contributed by atoms with Gasteiger partial charge < -0.3 is 21.3 Å². The number of hydrogen-bond donors (Lipinski definition) is 4. The van der Waals surface area contributed by atoms with Crippen LogP contribution in [0.25, 0.3) is 0 Å². The lowest BCUT2D eigenvalue weighted by molar-refractivity contribution is -0.115. The molecule has 0 aliphatic rings. The monoisotopic (exact) mass is 376 g/mol. The normalized spacial score (nSPS) is 10.1. The maximum absolute atomic E-state index is 11.1. The van der Waals surface area contributed by atoms with Gasteiger partial charge in [0.05, 0.1) is 0 Å². The summed E-state index contributed by atoms with van der Waals surface area (Å²) in [5.41, 5.74) is 3.08. The van der Waals surface area contributed by atoms with Crippen molar-refractivity contribution >= 4 is 46.3 Å². The molecule has 1 aromatic heterocycles. The molecule has 0 bridgehead atoms. The van der Waals surface area contributed by atoms with E-state index in [9.17, 15) is 9.59 Å². The first kappa shape index (κ1) is 18.8. The number of carbonyl (C=O) groups is 2. The fourth-order valence-electron chi connectivity index (χ4n) is 2.45. The summed E-state index contributed by atoms with van der Waals surface area (Å²) < 4.78 is 0. The van der Waals surface area contributed by atoms with Gasteiger partial charge in [0.25, 0.3) is 0 Å². The summed E-state index contributed by atoms with van der Waals surface area (Å²) in [5.74, 6) is 0.831. The molecule has 0 spiro atoms. The van der Waals surface area contributed by atoms with E-state index in [1.807, 2.05) is 24.3 Å². The highest BCUT2D eigenvalue weighted by atomic mass is 16.2.